The third kappa shape index (κ3) is 6.43. The smallest absolute Gasteiger partial charge is 0.0886 e. The van der Waals surface area contributed by atoms with Crippen LogP contribution in [-0.2, 0) is 16.2 Å². The Morgan fingerprint density at radius 2 is 0.906 bits per heavy atom. The Kier molecular flexibility index (Phi) is 8.95. The molecule has 1 aliphatic carbocycles. The lowest BCUT2D eigenvalue weighted by atomic mass is 9.68. The molecule has 0 atom stereocenters. The van der Waals surface area contributed by atoms with Gasteiger partial charge in [0.25, 0.3) is 0 Å². The zero-order valence-corrected chi connectivity index (χ0v) is 34.3. The van der Waals surface area contributed by atoms with Gasteiger partial charge in [-0.2, -0.15) is 0 Å². The van der Waals surface area contributed by atoms with Crippen LogP contribution in [0.5, 0.6) is 0 Å². The minimum Gasteiger partial charge on any atom is -0.251 e. The third-order valence-corrected chi connectivity index (χ3v) is 11.9. The molecule has 0 amide bonds. The molecule has 0 radical (unpaired) electrons. The molecule has 262 valence electrons. The normalized spacial score (nSPS) is 13.4. The van der Waals surface area contributed by atoms with E-state index >= 15 is 0 Å². The van der Waals surface area contributed by atoms with Crippen molar-refractivity contribution < 1.29 is 0 Å². The Balaban J connectivity index is 1.42. The maximum Gasteiger partial charge on any atom is 0.0886 e. The first-order valence-corrected chi connectivity index (χ1v) is 19.9. The molecule has 0 bridgehead atoms. The summed E-state index contributed by atoms with van der Waals surface area (Å²) in [6, 6.07) is 55.9. The molecule has 0 aliphatic heterocycles. The summed E-state index contributed by atoms with van der Waals surface area (Å²) in [4.78, 5) is 5.74. The fraction of sp³-hybridized carbons (Fsp3) is 0.180. The number of benzene rings is 6. The van der Waals surface area contributed by atoms with Crippen molar-refractivity contribution >= 4 is 31.9 Å². The molecule has 6 aromatic carbocycles. The van der Waals surface area contributed by atoms with E-state index < -0.39 is 5.41 Å². The summed E-state index contributed by atoms with van der Waals surface area (Å²) in [6.07, 6.45) is 0. The molecule has 0 fully saturated rings. The van der Waals surface area contributed by atoms with Gasteiger partial charge in [-0.15, -0.1) is 0 Å². The van der Waals surface area contributed by atoms with Crippen molar-refractivity contribution in [1.82, 2.24) is 4.98 Å². The number of nitrogens with zero attached hydrogens (tertiary/aromatic N) is 1. The predicted octanol–water partition coefficient (Wildman–Crippen LogP) is 14.6. The van der Waals surface area contributed by atoms with Crippen molar-refractivity contribution in [3.05, 3.63) is 194 Å². The molecular weight excluding hydrogens is 774 g/mol. The number of fused-ring (bicyclic) bond motifs is 3. The van der Waals surface area contributed by atoms with Gasteiger partial charge in [0.05, 0.1) is 16.8 Å². The lowest BCUT2D eigenvalue weighted by Gasteiger charge is -2.34. The van der Waals surface area contributed by atoms with Crippen LogP contribution in [0.25, 0.3) is 44.6 Å². The Morgan fingerprint density at radius 1 is 0.434 bits per heavy atom. The molecule has 0 unspecified atom stereocenters. The Hall–Kier alpha value is -4.57. The van der Waals surface area contributed by atoms with Crippen molar-refractivity contribution in [2.75, 3.05) is 0 Å². The summed E-state index contributed by atoms with van der Waals surface area (Å²) < 4.78 is 2.12. The summed E-state index contributed by atoms with van der Waals surface area (Å²) in [7, 11) is 0. The highest BCUT2D eigenvalue weighted by Crippen LogP contribution is 2.57. The summed E-state index contributed by atoms with van der Waals surface area (Å²) in [6.45, 7) is 13.8. The number of rotatable bonds is 5. The molecule has 0 saturated carbocycles. The van der Waals surface area contributed by atoms with Crippen LogP contribution in [-0.4, -0.2) is 4.98 Å². The van der Waals surface area contributed by atoms with E-state index in [-0.39, 0.29) is 10.8 Å². The summed E-state index contributed by atoms with van der Waals surface area (Å²) in [5.74, 6) is 0. The van der Waals surface area contributed by atoms with Crippen LogP contribution in [0.15, 0.2) is 161 Å². The zero-order valence-electron chi connectivity index (χ0n) is 31.1. The van der Waals surface area contributed by atoms with E-state index in [4.69, 9.17) is 4.98 Å². The highest BCUT2D eigenvalue weighted by Gasteiger charge is 2.48. The highest BCUT2D eigenvalue weighted by atomic mass is 79.9. The first kappa shape index (κ1) is 35.5. The van der Waals surface area contributed by atoms with Crippen LogP contribution >= 0.6 is 31.9 Å². The van der Waals surface area contributed by atoms with Gasteiger partial charge in [-0.1, -0.05) is 170 Å². The molecule has 1 aliphatic rings. The third-order valence-electron chi connectivity index (χ3n) is 10.8. The van der Waals surface area contributed by atoms with Crippen molar-refractivity contribution in [2.45, 2.75) is 57.8 Å². The molecule has 0 N–H and O–H groups in total. The number of aromatic nitrogens is 1. The first-order chi connectivity index (χ1) is 25.3. The average molecular weight is 818 g/mol. The largest absolute Gasteiger partial charge is 0.251 e. The zero-order chi connectivity index (χ0) is 37.1. The van der Waals surface area contributed by atoms with E-state index in [0.29, 0.717) is 0 Å². The minimum atomic E-state index is -0.623. The standard InChI is InChI=1S/C50H43Br2N/c1-48(2,3)38-19-25-42-43-26-20-39(49(4,5)6)31-45(43)50(44(42)30-38,37-11-8-7-9-12-37)47-14-10-13-46(53-47)36-28-34(32-15-21-40(51)22-16-32)27-35(29-36)33-17-23-41(52)24-18-33/h7-31H,1-6H3. The maximum absolute atomic E-state index is 5.74. The van der Waals surface area contributed by atoms with Crippen LogP contribution in [0, 0.1) is 0 Å². The van der Waals surface area contributed by atoms with E-state index in [9.17, 15) is 0 Å². The highest BCUT2D eigenvalue weighted by molar-refractivity contribution is 9.10. The monoisotopic (exact) mass is 815 g/mol. The van der Waals surface area contributed by atoms with Gasteiger partial charge in [-0.25, -0.2) is 0 Å². The van der Waals surface area contributed by atoms with E-state index in [2.05, 4.69) is 225 Å². The number of hydrogen-bond acceptors (Lipinski definition) is 1. The Bertz CT molecular complexity index is 2340. The fourth-order valence-corrected chi connectivity index (χ4v) is 8.41. The number of hydrogen-bond donors (Lipinski definition) is 0. The summed E-state index contributed by atoms with van der Waals surface area (Å²) in [5.41, 5.74) is 16.0. The van der Waals surface area contributed by atoms with Gasteiger partial charge in [0.2, 0.25) is 0 Å². The van der Waals surface area contributed by atoms with Crippen LogP contribution < -0.4 is 0 Å². The molecule has 1 heterocycles. The van der Waals surface area contributed by atoms with Gasteiger partial charge in [0, 0.05) is 14.5 Å². The van der Waals surface area contributed by atoms with Gasteiger partial charge < -0.3 is 0 Å². The van der Waals surface area contributed by atoms with Gasteiger partial charge in [0.15, 0.2) is 0 Å². The van der Waals surface area contributed by atoms with E-state index in [0.717, 1.165) is 48.2 Å². The molecular formula is C50H43Br2N. The van der Waals surface area contributed by atoms with Crippen molar-refractivity contribution in [2.24, 2.45) is 0 Å². The van der Waals surface area contributed by atoms with E-state index in [1.54, 1.807) is 0 Å². The lowest BCUT2D eigenvalue weighted by Crippen LogP contribution is -2.31. The molecule has 1 aromatic heterocycles. The quantitative estimate of drug-likeness (QED) is 0.169. The minimum absolute atomic E-state index is 0.0189. The lowest BCUT2D eigenvalue weighted by molar-refractivity contribution is 0.585. The van der Waals surface area contributed by atoms with Crippen LogP contribution in [0.3, 0.4) is 0 Å². The maximum atomic E-state index is 5.74. The van der Waals surface area contributed by atoms with Crippen molar-refractivity contribution in [3.8, 4) is 44.6 Å². The Labute approximate surface area is 331 Å². The van der Waals surface area contributed by atoms with E-state index in [1.165, 1.54) is 38.9 Å². The van der Waals surface area contributed by atoms with E-state index in [1.807, 2.05) is 0 Å². The SMILES string of the molecule is CC(C)(C)c1ccc2c(c1)C(c1ccccc1)(c1cccc(-c3cc(-c4ccc(Br)cc4)cc(-c4ccc(Br)cc4)c3)n1)c1cc(C(C)(C)C)ccc1-2. The second-order valence-corrected chi connectivity index (χ2v) is 18.2. The number of halogens is 2. The van der Waals surface area contributed by atoms with Gasteiger partial charge in [0.1, 0.15) is 0 Å². The molecule has 53 heavy (non-hydrogen) atoms. The Morgan fingerprint density at radius 3 is 1.38 bits per heavy atom. The second kappa shape index (κ2) is 13.4. The van der Waals surface area contributed by atoms with Crippen LogP contribution in [0.4, 0.5) is 0 Å². The second-order valence-electron chi connectivity index (χ2n) is 16.4. The van der Waals surface area contributed by atoms with Crippen molar-refractivity contribution in [3.63, 3.8) is 0 Å². The van der Waals surface area contributed by atoms with Crippen molar-refractivity contribution in [1.29, 1.82) is 0 Å². The number of pyridine rings is 1. The fourth-order valence-electron chi connectivity index (χ4n) is 7.88. The van der Waals surface area contributed by atoms with Gasteiger partial charge in [-0.3, -0.25) is 4.98 Å². The molecule has 0 spiro atoms. The molecule has 8 rings (SSSR count). The molecule has 7 aromatic rings. The molecule has 1 nitrogen and oxygen atoms in total. The molecule has 3 heteroatoms. The van der Waals surface area contributed by atoms with Crippen LogP contribution in [0.1, 0.15) is 75.1 Å². The topological polar surface area (TPSA) is 12.9 Å². The average Bonchev–Trinajstić information content (AvgIpc) is 3.45. The predicted molar refractivity (Wildman–Crippen MR) is 231 cm³/mol. The summed E-state index contributed by atoms with van der Waals surface area (Å²) in [5, 5.41) is 0. The first-order valence-electron chi connectivity index (χ1n) is 18.3. The van der Waals surface area contributed by atoms with Gasteiger partial charge in [-0.05, 0) is 127 Å². The summed E-state index contributed by atoms with van der Waals surface area (Å²) >= 11 is 7.26. The van der Waals surface area contributed by atoms with Crippen LogP contribution in [0.2, 0.25) is 0 Å². The molecule has 0 saturated heterocycles. The van der Waals surface area contributed by atoms with Gasteiger partial charge >= 0.3 is 0 Å².